The molecule has 2 heterocycles. The van der Waals surface area contributed by atoms with Crippen molar-refractivity contribution in [2.75, 3.05) is 11.4 Å². The molecule has 1 amide bonds. The van der Waals surface area contributed by atoms with Gasteiger partial charge in [-0.25, -0.2) is 18.7 Å². The zero-order chi connectivity index (χ0) is 21.3. The standard InChI is InChI=1S/C22H20F2N4OS.ClH/c1-14-8-15(2)10-16(9-14)21(29)28(6-3-5-27-7-4-25-13-27)22-26-20-18(24)11-17(23)12-19(20)30-22;/h4,7-13H,3,5-6H2,1-2H3;1H. The number of rotatable bonds is 6. The number of aromatic nitrogens is 3. The average molecular weight is 463 g/mol. The Morgan fingerprint density at radius 3 is 2.55 bits per heavy atom. The SMILES string of the molecule is Cc1cc(C)cc(C(=O)N(CCCn2ccnc2)c2nc3c(F)cc(F)cc3s2)c1.Cl. The second-order valence-electron chi connectivity index (χ2n) is 7.22. The van der Waals surface area contributed by atoms with Gasteiger partial charge in [-0.05, 0) is 38.5 Å². The third-order valence-corrected chi connectivity index (χ3v) is 5.73. The molecule has 0 fully saturated rings. The van der Waals surface area contributed by atoms with Gasteiger partial charge in [0.1, 0.15) is 11.3 Å². The summed E-state index contributed by atoms with van der Waals surface area (Å²) in [5.74, 6) is -1.61. The predicted octanol–water partition coefficient (Wildman–Crippen LogP) is 5.55. The van der Waals surface area contributed by atoms with Gasteiger partial charge in [0.15, 0.2) is 10.9 Å². The van der Waals surface area contributed by atoms with Gasteiger partial charge in [0, 0.05) is 37.1 Å². The minimum absolute atomic E-state index is 0. The van der Waals surface area contributed by atoms with Gasteiger partial charge < -0.3 is 4.57 Å². The Bertz CT molecular complexity index is 1190. The maximum absolute atomic E-state index is 14.2. The number of anilines is 1. The van der Waals surface area contributed by atoms with E-state index in [1.165, 1.54) is 6.07 Å². The molecule has 0 atom stereocenters. The number of nitrogens with zero attached hydrogens (tertiary/aromatic N) is 4. The molecule has 0 unspecified atom stereocenters. The first-order valence-corrected chi connectivity index (χ1v) is 10.3. The van der Waals surface area contributed by atoms with Crippen LogP contribution in [0.2, 0.25) is 0 Å². The van der Waals surface area contributed by atoms with Crippen molar-refractivity contribution < 1.29 is 13.6 Å². The fraction of sp³-hybridized carbons (Fsp3) is 0.227. The molecule has 4 aromatic rings. The molecule has 0 radical (unpaired) electrons. The summed E-state index contributed by atoms with van der Waals surface area (Å²) < 4.78 is 30.1. The van der Waals surface area contributed by atoms with Gasteiger partial charge >= 0.3 is 0 Å². The van der Waals surface area contributed by atoms with Gasteiger partial charge in [-0.2, -0.15) is 0 Å². The predicted molar refractivity (Wildman–Crippen MR) is 121 cm³/mol. The highest BCUT2D eigenvalue weighted by molar-refractivity contribution is 7.22. The first-order valence-electron chi connectivity index (χ1n) is 9.52. The molecule has 0 saturated carbocycles. The number of aryl methyl sites for hydroxylation is 3. The minimum Gasteiger partial charge on any atom is -0.337 e. The zero-order valence-electron chi connectivity index (χ0n) is 17.0. The highest BCUT2D eigenvalue weighted by Gasteiger charge is 2.23. The van der Waals surface area contributed by atoms with E-state index in [1.54, 1.807) is 17.4 Å². The van der Waals surface area contributed by atoms with Crippen LogP contribution in [0.5, 0.6) is 0 Å². The number of carbonyl (C=O) groups excluding carboxylic acids is 1. The second-order valence-corrected chi connectivity index (χ2v) is 8.23. The van der Waals surface area contributed by atoms with Gasteiger partial charge in [0.2, 0.25) is 0 Å². The maximum atomic E-state index is 14.2. The molecule has 0 aliphatic rings. The number of fused-ring (bicyclic) bond motifs is 1. The van der Waals surface area contributed by atoms with Crippen molar-refractivity contribution in [3.05, 3.63) is 77.4 Å². The molecule has 31 heavy (non-hydrogen) atoms. The van der Waals surface area contributed by atoms with Crippen LogP contribution in [0, 0.1) is 25.5 Å². The van der Waals surface area contributed by atoms with Gasteiger partial charge in [0.25, 0.3) is 5.91 Å². The van der Waals surface area contributed by atoms with Crippen molar-refractivity contribution in [2.24, 2.45) is 0 Å². The highest BCUT2D eigenvalue weighted by atomic mass is 35.5. The lowest BCUT2D eigenvalue weighted by Crippen LogP contribution is -2.32. The number of halogens is 3. The summed E-state index contributed by atoms with van der Waals surface area (Å²) in [5, 5.41) is 0.351. The average Bonchev–Trinajstić information content (AvgIpc) is 3.33. The molecule has 0 spiro atoms. The van der Waals surface area contributed by atoms with Gasteiger partial charge in [0.05, 0.1) is 11.0 Å². The molecule has 0 aliphatic carbocycles. The van der Waals surface area contributed by atoms with Gasteiger partial charge in [-0.1, -0.05) is 28.5 Å². The quantitative estimate of drug-likeness (QED) is 0.377. The van der Waals surface area contributed by atoms with E-state index < -0.39 is 11.6 Å². The molecule has 9 heteroatoms. The van der Waals surface area contributed by atoms with Gasteiger partial charge in [-0.3, -0.25) is 9.69 Å². The monoisotopic (exact) mass is 462 g/mol. The molecular formula is C22H21ClF2N4OS. The first-order chi connectivity index (χ1) is 14.4. The Kier molecular flexibility index (Phi) is 7.02. The molecular weight excluding hydrogens is 442 g/mol. The Balaban J connectivity index is 0.00000272. The fourth-order valence-electron chi connectivity index (χ4n) is 3.43. The van der Waals surface area contributed by atoms with Crippen LogP contribution in [-0.4, -0.2) is 27.0 Å². The third-order valence-electron chi connectivity index (χ3n) is 4.70. The molecule has 5 nitrogen and oxygen atoms in total. The smallest absolute Gasteiger partial charge is 0.260 e. The van der Waals surface area contributed by atoms with Gasteiger partial charge in [-0.15, -0.1) is 12.4 Å². The fourth-order valence-corrected chi connectivity index (χ4v) is 4.46. The lowest BCUT2D eigenvalue weighted by atomic mass is 10.1. The Labute approximate surface area is 188 Å². The van der Waals surface area contributed by atoms with E-state index in [4.69, 9.17) is 0 Å². The summed E-state index contributed by atoms with van der Waals surface area (Å²) in [4.78, 5) is 23.3. The molecule has 0 saturated heterocycles. The number of hydrogen-bond donors (Lipinski definition) is 0. The van der Waals surface area contributed by atoms with E-state index in [-0.39, 0.29) is 23.8 Å². The summed E-state index contributed by atoms with van der Waals surface area (Å²) in [6, 6.07) is 7.69. The van der Waals surface area contributed by atoms with E-state index in [0.717, 1.165) is 28.5 Å². The number of hydrogen-bond acceptors (Lipinski definition) is 4. The Morgan fingerprint density at radius 2 is 1.87 bits per heavy atom. The van der Waals surface area contributed by atoms with Crippen LogP contribution in [0.25, 0.3) is 10.2 Å². The van der Waals surface area contributed by atoms with Crippen LogP contribution >= 0.6 is 23.7 Å². The largest absolute Gasteiger partial charge is 0.337 e. The number of imidazole rings is 1. The van der Waals surface area contributed by atoms with Crippen LogP contribution < -0.4 is 4.90 Å². The summed E-state index contributed by atoms with van der Waals surface area (Å²) in [7, 11) is 0. The summed E-state index contributed by atoms with van der Waals surface area (Å²) >= 11 is 1.11. The topological polar surface area (TPSA) is 51.0 Å². The summed E-state index contributed by atoms with van der Waals surface area (Å²) in [5.41, 5.74) is 2.58. The van der Waals surface area contributed by atoms with Crippen LogP contribution in [0.4, 0.5) is 13.9 Å². The number of thiazole rings is 1. The van der Waals surface area contributed by atoms with Crippen molar-refractivity contribution in [1.29, 1.82) is 0 Å². The molecule has 162 valence electrons. The minimum atomic E-state index is -0.732. The number of amides is 1. The van der Waals surface area contributed by atoms with Crippen molar-refractivity contribution in [1.82, 2.24) is 14.5 Å². The lowest BCUT2D eigenvalue weighted by molar-refractivity contribution is 0.0986. The van der Waals surface area contributed by atoms with Crippen LogP contribution in [-0.2, 0) is 6.54 Å². The number of benzene rings is 2. The second kappa shape index (κ2) is 9.53. The highest BCUT2D eigenvalue weighted by Crippen LogP contribution is 2.32. The van der Waals surface area contributed by atoms with Crippen molar-refractivity contribution in [3.63, 3.8) is 0 Å². The molecule has 4 rings (SSSR count). The summed E-state index contributed by atoms with van der Waals surface area (Å²) in [6.07, 6.45) is 5.92. The summed E-state index contributed by atoms with van der Waals surface area (Å²) in [6.45, 7) is 4.92. The van der Waals surface area contributed by atoms with Crippen LogP contribution in [0.1, 0.15) is 27.9 Å². The van der Waals surface area contributed by atoms with E-state index in [9.17, 15) is 13.6 Å². The lowest BCUT2D eigenvalue weighted by Gasteiger charge is -2.20. The Morgan fingerprint density at radius 1 is 1.13 bits per heavy atom. The molecule has 0 N–H and O–H groups in total. The first kappa shape index (κ1) is 22.8. The van der Waals surface area contributed by atoms with Crippen molar-refractivity contribution in [2.45, 2.75) is 26.8 Å². The van der Waals surface area contributed by atoms with E-state index >= 15 is 0 Å². The normalized spacial score (nSPS) is 10.8. The molecule has 0 aliphatic heterocycles. The van der Waals surface area contributed by atoms with E-state index in [1.807, 2.05) is 42.8 Å². The van der Waals surface area contributed by atoms with Crippen molar-refractivity contribution in [3.8, 4) is 0 Å². The van der Waals surface area contributed by atoms with E-state index in [2.05, 4.69) is 9.97 Å². The molecule has 2 aromatic carbocycles. The van der Waals surface area contributed by atoms with E-state index in [0.29, 0.717) is 34.9 Å². The van der Waals surface area contributed by atoms with Crippen molar-refractivity contribution >= 4 is 45.0 Å². The molecule has 0 bridgehead atoms. The van der Waals surface area contributed by atoms with Crippen LogP contribution in [0.15, 0.2) is 49.1 Å². The number of carbonyl (C=O) groups is 1. The third kappa shape index (κ3) is 5.08. The van der Waals surface area contributed by atoms with Crippen LogP contribution in [0.3, 0.4) is 0 Å². The Hall–Kier alpha value is -2.84. The maximum Gasteiger partial charge on any atom is 0.260 e. The zero-order valence-corrected chi connectivity index (χ0v) is 18.6. The molecule has 2 aromatic heterocycles.